The van der Waals surface area contributed by atoms with Crippen molar-refractivity contribution in [3.8, 4) is 11.5 Å². The third-order valence-electron chi connectivity index (χ3n) is 5.07. The molecular formula is C18H24N4O. The van der Waals surface area contributed by atoms with Crippen LogP contribution in [0.3, 0.4) is 0 Å². The first-order valence-corrected chi connectivity index (χ1v) is 8.78. The van der Waals surface area contributed by atoms with Crippen molar-refractivity contribution in [3.63, 3.8) is 0 Å². The molecule has 1 aromatic carbocycles. The molecule has 5 nitrogen and oxygen atoms in total. The van der Waals surface area contributed by atoms with Crippen molar-refractivity contribution in [1.82, 2.24) is 15.0 Å². The Bertz CT molecular complexity index is 621. The van der Waals surface area contributed by atoms with Crippen LogP contribution < -0.4 is 4.90 Å². The predicted molar refractivity (Wildman–Crippen MR) is 90.4 cm³/mol. The molecule has 0 amide bonds. The molecule has 4 rings (SSSR count). The van der Waals surface area contributed by atoms with Crippen LogP contribution in [-0.4, -0.2) is 47.3 Å². The molecule has 1 unspecified atom stereocenters. The average Bonchev–Trinajstić information content (AvgIpc) is 3.24. The van der Waals surface area contributed by atoms with E-state index in [9.17, 15) is 0 Å². The minimum absolute atomic E-state index is 0.612. The zero-order valence-electron chi connectivity index (χ0n) is 13.5. The van der Waals surface area contributed by atoms with Gasteiger partial charge in [-0.2, -0.15) is 4.98 Å². The highest BCUT2D eigenvalue weighted by molar-refractivity contribution is 5.54. The molecule has 2 aliphatic rings. The Balaban J connectivity index is 1.43. The van der Waals surface area contributed by atoms with Crippen LogP contribution in [0.15, 0.2) is 34.9 Å². The third kappa shape index (κ3) is 3.24. The van der Waals surface area contributed by atoms with Crippen LogP contribution in [0.4, 0.5) is 5.95 Å². The van der Waals surface area contributed by atoms with E-state index in [-0.39, 0.29) is 0 Å². The van der Waals surface area contributed by atoms with Crippen molar-refractivity contribution in [3.05, 3.63) is 30.3 Å². The minimum Gasteiger partial charge on any atom is -0.338 e. The molecule has 1 aromatic heterocycles. The standard InChI is InChI=1S/C18H24N4O/c1-2-7-15(8-3-1)17-19-18(20-23-17)22-13-6-9-16(10-14-22)21-11-4-5-12-21/h1-3,7-8,16H,4-6,9-14H2. The second kappa shape index (κ2) is 6.71. The maximum absolute atomic E-state index is 5.46. The van der Waals surface area contributed by atoms with Gasteiger partial charge in [0.05, 0.1) is 0 Å². The van der Waals surface area contributed by atoms with E-state index in [1.54, 1.807) is 0 Å². The van der Waals surface area contributed by atoms with E-state index in [1.165, 1.54) is 45.2 Å². The number of rotatable bonds is 3. The second-order valence-corrected chi connectivity index (χ2v) is 6.58. The van der Waals surface area contributed by atoms with E-state index in [1.807, 2.05) is 30.3 Å². The summed E-state index contributed by atoms with van der Waals surface area (Å²) in [5.41, 5.74) is 0.982. The van der Waals surface area contributed by atoms with Gasteiger partial charge in [0.1, 0.15) is 0 Å². The van der Waals surface area contributed by atoms with E-state index < -0.39 is 0 Å². The maximum atomic E-state index is 5.46. The van der Waals surface area contributed by atoms with Gasteiger partial charge in [-0.05, 0) is 62.5 Å². The second-order valence-electron chi connectivity index (χ2n) is 6.58. The molecule has 2 fully saturated rings. The van der Waals surface area contributed by atoms with E-state index in [4.69, 9.17) is 4.52 Å². The fourth-order valence-electron chi connectivity index (χ4n) is 3.79. The Morgan fingerprint density at radius 2 is 1.74 bits per heavy atom. The quantitative estimate of drug-likeness (QED) is 0.871. The van der Waals surface area contributed by atoms with E-state index in [2.05, 4.69) is 19.9 Å². The lowest BCUT2D eigenvalue weighted by atomic mass is 10.1. The van der Waals surface area contributed by atoms with Gasteiger partial charge < -0.3 is 14.3 Å². The van der Waals surface area contributed by atoms with Crippen LogP contribution in [0.5, 0.6) is 0 Å². The lowest BCUT2D eigenvalue weighted by molar-refractivity contribution is 0.225. The fraction of sp³-hybridized carbons (Fsp3) is 0.556. The van der Waals surface area contributed by atoms with Gasteiger partial charge in [0.2, 0.25) is 0 Å². The first-order valence-electron chi connectivity index (χ1n) is 8.78. The van der Waals surface area contributed by atoms with E-state index in [0.717, 1.165) is 30.6 Å². The van der Waals surface area contributed by atoms with Crippen molar-refractivity contribution in [2.75, 3.05) is 31.1 Å². The summed E-state index contributed by atoms with van der Waals surface area (Å²) in [6, 6.07) is 10.7. The largest absolute Gasteiger partial charge is 0.338 e. The van der Waals surface area contributed by atoms with E-state index in [0.29, 0.717) is 5.89 Å². The van der Waals surface area contributed by atoms with Crippen molar-refractivity contribution >= 4 is 5.95 Å². The SMILES string of the molecule is c1ccc(-c2nc(N3CCCC(N4CCCC4)CC3)no2)cc1. The summed E-state index contributed by atoms with van der Waals surface area (Å²) in [4.78, 5) is 9.56. The van der Waals surface area contributed by atoms with Crippen molar-refractivity contribution < 1.29 is 4.52 Å². The lowest BCUT2D eigenvalue weighted by Crippen LogP contribution is -2.34. The Morgan fingerprint density at radius 1 is 0.913 bits per heavy atom. The van der Waals surface area contributed by atoms with Gasteiger partial charge >= 0.3 is 0 Å². The Morgan fingerprint density at radius 3 is 2.57 bits per heavy atom. The normalized spacial score (nSPS) is 23.1. The molecule has 3 heterocycles. The molecule has 0 radical (unpaired) electrons. The number of likely N-dealkylation sites (tertiary alicyclic amines) is 1. The molecule has 0 bridgehead atoms. The van der Waals surface area contributed by atoms with Crippen molar-refractivity contribution in [1.29, 1.82) is 0 Å². The molecule has 2 saturated heterocycles. The van der Waals surface area contributed by atoms with Crippen LogP contribution in [0.2, 0.25) is 0 Å². The minimum atomic E-state index is 0.612. The maximum Gasteiger partial charge on any atom is 0.266 e. The van der Waals surface area contributed by atoms with Gasteiger partial charge in [0, 0.05) is 24.7 Å². The van der Waals surface area contributed by atoms with Gasteiger partial charge in [-0.25, -0.2) is 0 Å². The molecular weight excluding hydrogens is 288 g/mol. The molecule has 5 heteroatoms. The lowest BCUT2D eigenvalue weighted by Gasteiger charge is -2.26. The van der Waals surface area contributed by atoms with Gasteiger partial charge in [-0.15, -0.1) is 0 Å². The Kier molecular flexibility index (Phi) is 4.28. The zero-order valence-corrected chi connectivity index (χ0v) is 13.5. The summed E-state index contributed by atoms with van der Waals surface area (Å²) in [6.07, 6.45) is 6.43. The van der Waals surface area contributed by atoms with Gasteiger partial charge in [-0.3, -0.25) is 0 Å². The smallest absolute Gasteiger partial charge is 0.266 e. The van der Waals surface area contributed by atoms with E-state index >= 15 is 0 Å². The molecule has 2 aromatic rings. The van der Waals surface area contributed by atoms with Crippen LogP contribution in [0, 0.1) is 0 Å². The van der Waals surface area contributed by atoms with Crippen LogP contribution >= 0.6 is 0 Å². The van der Waals surface area contributed by atoms with Crippen molar-refractivity contribution in [2.24, 2.45) is 0 Å². The number of nitrogens with zero attached hydrogens (tertiary/aromatic N) is 4. The summed E-state index contributed by atoms with van der Waals surface area (Å²) >= 11 is 0. The van der Waals surface area contributed by atoms with Crippen LogP contribution in [0.25, 0.3) is 11.5 Å². The summed E-state index contributed by atoms with van der Waals surface area (Å²) in [7, 11) is 0. The predicted octanol–water partition coefficient (Wildman–Crippen LogP) is 3.19. The number of hydrogen-bond donors (Lipinski definition) is 0. The molecule has 0 spiro atoms. The zero-order chi connectivity index (χ0) is 15.5. The number of benzene rings is 1. The Labute approximate surface area is 137 Å². The monoisotopic (exact) mass is 312 g/mol. The summed E-state index contributed by atoms with van der Waals surface area (Å²) in [6.45, 7) is 4.61. The molecule has 0 saturated carbocycles. The van der Waals surface area contributed by atoms with Crippen LogP contribution in [0.1, 0.15) is 32.1 Å². The highest BCUT2D eigenvalue weighted by Gasteiger charge is 2.26. The van der Waals surface area contributed by atoms with Crippen LogP contribution in [-0.2, 0) is 0 Å². The van der Waals surface area contributed by atoms with Gasteiger partial charge in [-0.1, -0.05) is 18.2 Å². The number of aromatic nitrogens is 2. The number of anilines is 1. The molecule has 2 aliphatic heterocycles. The highest BCUT2D eigenvalue weighted by atomic mass is 16.5. The molecule has 122 valence electrons. The highest BCUT2D eigenvalue weighted by Crippen LogP contribution is 2.25. The van der Waals surface area contributed by atoms with Gasteiger partial charge in [0.15, 0.2) is 0 Å². The average molecular weight is 312 g/mol. The van der Waals surface area contributed by atoms with Crippen molar-refractivity contribution in [2.45, 2.75) is 38.1 Å². The fourth-order valence-corrected chi connectivity index (χ4v) is 3.79. The molecule has 1 atom stereocenters. The summed E-state index contributed by atoms with van der Waals surface area (Å²) in [5, 5.41) is 4.21. The number of hydrogen-bond acceptors (Lipinski definition) is 5. The molecule has 0 aliphatic carbocycles. The summed E-state index contributed by atoms with van der Waals surface area (Å²) < 4.78 is 5.46. The van der Waals surface area contributed by atoms with Gasteiger partial charge in [0.25, 0.3) is 11.8 Å². The first-order chi connectivity index (χ1) is 11.4. The summed E-state index contributed by atoms with van der Waals surface area (Å²) in [5.74, 6) is 1.35. The molecule has 23 heavy (non-hydrogen) atoms. The molecule has 0 N–H and O–H groups in total. The Hall–Kier alpha value is -1.88. The third-order valence-corrected chi connectivity index (χ3v) is 5.07. The first kappa shape index (κ1) is 14.7. The topological polar surface area (TPSA) is 45.4 Å².